The largest absolute Gasteiger partial charge is 0.465 e. The molecule has 0 unspecified atom stereocenters. The zero-order chi connectivity index (χ0) is 21.7. The Morgan fingerprint density at radius 2 is 1.87 bits per heavy atom. The second-order valence-electron chi connectivity index (χ2n) is 6.06. The van der Waals surface area contributed by atoms with Crippen molar-refractivity contribution >= 4 is 40.0 Å². The molecule has 0 spiro atoms. The maximum atomic E-state index is 12.8. The van der Waals surface area contributed by atoms with E-state index in [2.05, 4.69) is 10.3 Å². The lowest BCUT2D eigenvalue weighted by Gasteiger charge is -2.25. The maximum Gasteiger partial charge on any atom is 0.355 e. The monoisotopic (exact) mass is 425 g/mol. The van der Waals surface area contributed by atoms with Gasteiger partial charge in [-0.2, -0.15) is 0 Å². The first-order valence-corrected chi connectivity index (χ1v) is 9.71. The SMILES string of the molecule is COC(=O)C1=C(C(=O)OC)N(c2cccc(C(=O)Nc3nccs3)c2C)C=CC=C1. The highest BCUT2D eigenvalue weighted by Gasteiger charge is 2.29. The number of rotatable bonds is 5. The van der Waals surface area contributed by atoms with Crippen molar-refractivity contribution in [3.8, 4) is 0 Å². The maximum absolute atomic E-state index is 12.8. The molecule has 1 aromatic carbocycles. The predicted molar refractivity (Wildman–Crippen MR) is 113 cm³/mol. The number of ether oxygens (including phenoxy) is 2. The number of anilines is 2. The van der Waals surface area contributed by atoms with Crippen molar-refractivity contribution in [2.24, 2.45) is 0 Å². The molecule has 0 saturated heterocycles. The van der Waals surface area contributed by atoms with Gasteiger partial charge in [-0.05, 0) is 36.8 Å². The van der Waals surface area contributed by atoms with Gasteiger partial charge in [0.1, 0.15) is 5.70 Å². The van der Waals surface area contributed by atoms with Crippen LogP contribution >= 0.6 is 11.3 Å². The quantitative estimate of drug-likeness (QED) is 0.735. The lowest BCUT2D eigenvalue weighted by atomic mass is 10.0. The number of thiazole rings is 1. The number of allylic oxidation sites excluding steroid dienone is 2. The Labute approximate surface area is 177 Å². The van der Waals surface area contributed by atoms with Crippen LogP contribution in [0.5, 0.6) is 0 Å². The molecule has 3 rings (SSSR count). The number of hydrogen-bond acceptors (Lipinski definition) is 8. The predicted octanol–water partition coefficient (Wildman–Crippen LogP) is 3.19. The second kappa shape index (κ2) is 9.19. The van der Waals surface area contributed by atoms with Gasteiger partial charge in [-0.1, -0.05) is 12.1 Å². The van der Waals surface area contributed by atoms with E-state index in [0.717, 1.165) is 0 Å². The summed E-state index contributed by atoms with van der Waals surface area (Å²) in [6.07, 6.45) is 7.97. The number of aromatic nitrogens is 1. The van der Waals surface area contributed by atoms with Crippen molar-refractivity contribution in [1.29, 1.82) is 0 Å². The minimum Gasteiger partial charge on any atom is -0.465 e. The van der Waals surface area contributed by atoms with Crippen molar-refractivity contribution in [2.75, 3.05) is 24.4 Å². The molecule has 8 nitrogen and oxygen atoms in total. The van der Waals surface area contributed by atoms with Crippen molar-refractivity contribution in [3.63, 3.8) is 0 Å². The summed E-state index contributed by atoms with van der Waals surface area (Å²) in [5.74, 6) is -1.74. The molecule has 30 heavy (non-hydrogen) atoms. The number of amides is 1. The fourth-order valence-corrected chi connectivity index (χ4v) is 3.46. The van der Waals surface area contributed by atoms with Crippen LogP contribution in [0.25, 0.3) is 0 Å². The normalized spacial score (nSPS) is 13.1. The summed E-state index contributed by atoms with van der Waals surface area (Å²) in [7, 11) is 2.46. The number of hydrogen-bond donors (Lipinski definition) is 1. The van der Waals surface area contributed by atoms with E-state index in [4.69, 9.17) is 9.47 Å². The van der Waals surface area contributed by atoms with E-state index >= 15 is 0 Å². The van der Waals surface area contributed by atoms with Crippen LogP contribution in [-0.2, 0) is 19.1 Å². The van der Waals surface area contributed by atoms with Crippen molar-refractivity contribution < 1.29 is 23.9 Å². The fraction of sp³-hybridized carbons (Fsp3) is 0.143. The zero-order valence-corrected chi connectivity index (χ0v) is 17.4. The molecule has 1 aliphatic heterocycles. The van der Waals surface area contributed by atoms with Gasteiger partial charge < -0.3 is 14.4 Å². The fourth-order valence-electron chi connectivity index (χ4n) is 2.93. The molecule has 9 heteroatoms. The Balaban J connectivity index is 2.10. The number of nitrogens with one attached hydrogen (secondary N) is 1. The molecule has 0 saturated carbocycles. The van der Waals surface area contributed by atoms with E-state index in [0.29, 0.717) is 21.9 Å². The minimum atomic E-state index is -0.719. The summed E-state index contributed by atoms with van der Waals surface area (Å²) < 4.78 is 9.73. The smallest absolute Gasteiger partial charge is 0.355 e. The van der Waals surface area contributed by atoms with Crippen molar-refractivity contribution in [1.82, 2.24) is 4.98 Å². The first kappa shape index (κ1) is 21.0. The molecular formula is C21H19N3O5S. The van der Waals surface area contributed by atoms with Crippen LogP contribution in [0.2, 0.25) is 0 Å². The van der Waals surface area contributed by atoms with Gasteiger partial charge in [-0.15, -0.1) is 11.3 Å². The molecule has 0 atom stereocenters. The molecule has 0 radical (unpaired) electrons. The molecule has 2 aromatic rings. The molecular weight excluding hydrogens is 406 g/mol. The Morgan fingerprint density at radius 1 is 1.10 bits per heavy atom. The van der Waals surface area contributed by atoms with E-state index in [-0.39, 0.29) is 17.2 Å². The number of methoxy groups -OCH3 is 2. The van der Waals surface area contributed by atoms with Crippen LogP contribution in [0.4, 0.5) is 10.8 Å². The van der Waals surface area contributed by atoms with E-state index in [9.17, 15) is 14.4 Å². The Kier molecular flexibility index (Phi) is 6.43. The summed E-state index contributed by atoms with van der Waals surface area (Å²) in [5.41, 5.74) is 1.55. The molecule has 1 aliphatic rings. The van der Waals surface area contributed by atoms with Gasteiger partial charge in [-0.25, -0.2) is 14.6 Å². The highest BCUT2D eigenvalue weighted by molar-refractivity contribution is 7.13. The van der Waals surface area contributed by atoms with Crippen LogP contribution in [0.15, 0.2) is 65.5 Å². The van der Waals surface area contributed by atoms with Gasteiger partial charge in [0.25, 0.3) is 5.91 Å². The first-order chi connectivity index (χ1) is 14.5. The lowest BCUT2D eigenvalue weighted by molar-refractivity contribution is -0.139. The van der Waals surface area contributed by atoms with Crippen LogP contribution in [0, 0.1) is 6.92 Å². The first-order valence-electron chi connectivity index (χ1n) is 8.83. The molecule has 154 valence electrons. The Morgan fingerprint density at radius 3 is 2.53 bits per heavy atom. The van der Waals surface area contributed by atoms with Crippen molar-refractivity contribution in [2.45, 2.75) is 6.92 Å². The molecule has 1 aromatic heterocycles. The highest BCUT2D eigenvalue weighted by atomic mass is 32.1. The zero-order valence-electron chi connectivity index (χ0n) is 16.5. The average Bonchev–Trinajstić information content (AvgIpc) is 3.16. The van der Waals surface area contributed by atoms with Gasteiger partial charge >= 0.3 is 11.9 Å². The second-order valence-corrected chi connectivity index (χ2v) is 6.95. The van der Waals surface area contributed by atoms with Crippen LogP contribution in [0.3, 0.4) is 0 Å². The number of carbonyl (C=O) groups is 3. The number of benzene rings is 1. The van der Waals surface area contributed by atoms with E-state index in [1.165, 1.54) is 36.5 Å². The van der Waals surface area contributed by atoms with Gasteiger partial charge in [0.05, 0.1) is 19.8 Å². The number of esters is 2. The molecule has 0 fully saturated rings. The standard InChI is InChI=1S/C21H19N3O5S/c1-13-14(18(25)23-21-22-10-12-30-21)8-6-9-16(13)24-11-5-4-7-15(19(26)28-2)17(24)20(27)29-3/h4-12H,1-3H3,(H,22,23,25). The Bertz CT molecular complexity index is 1070. The molecule has 1 amide bonds. The minimum absolute atomic E-state index is 0.0186. The van der Waals surface area contributed by atoms with E-state index in [1.54, 1.807) is 55.1 Å². The molecule has 0 bridgehead atoms. The summed E-state index contributed by atoms with van der Waals surface area (Å²) in [6.45, 7) is 1.75. The molecule has 2 heterocycles. The number of nitrogens with zero attached hydrogens (tertiary/aromatic N) is 2. The van der Waals surface area contributed by atoms with E-state index < -0.39 is 11.9 Å². The van der Waals surface area contributed by atoms with Crippen LogP contribution < -0.4 is 10.2 Å². The van der Waals surface area contributed by atoms with E-state index in [1.807, 2.05) is 0 Å². The van der Waals surface area contributed by atoms with Gasteiger partial charge in [0.2, 0.25) is 0 Å². The average molecular weight is 425 g/mol. The third-order valence-electron chi connectivity index (χ3n) is 4.35. The molecule has 0 aliphatic carbocycles. The van der Waals surface area contributed by atoms with Crippen LogP contribution in [-0.4, -0.2) is 37.0 Å². The topological polar surface area (TPSA) is 97.8 Å². The summed E-state index contributed by atoms with van der Waals surface area (Å²) in [4.78, 5) is 43.2. The summed E-state index contributed by atoms with van der Waals surface area (Å²) >= 11 is 1.31. The highest BCUT2D eigenvalue weighted by Crippen LogP contribution is 2.31. The summed E-state index contributed by atoms with van der Waals surface area (Å²) in [5, 5.41) is 4.98. The van der Waals surface area contributed by atoms with Crippen molar-refractivity contribution in [3.05, 3.63) is 76.6 Å². The molecule has 1 N–H and O–H groups in total. The van der Waals surface area contributed by atoms with Gasteiger partial charge in [0.15, 0.2) is 5.13 Å². The van der Waals surface area contributed by atoms with Gasteiger partial charge in [-0.3, -0.25) is 10.1 Å². The van der Waals surface area contributed by atoms with Gasteiger partial charge in [0, 0.05) is 29.0 Å². The summed E-state index contributed by atoms with van der Waals surface area (Å²) in [6, 6.07) is 5.10. The number of carbonyl (C=O) groups excluding carboxylic acids is 3. The third-order valence-corrected chi connectivity index (χ3v) is 5.04. The lowest BCUT2D eigenvalue weighted by Crippen LogP contribution is -2.28. The third kappa shape index (κ3) is 4.15. The van der Waals surface area contributed by atoms with Crippen LogP contribution in [0.1, 0.15) is 15.9 Å². The Hall–Kier alpha value is -3.72.